The predicted molar refractivity (Wildman–Crippen MR) is 69.3 cm³/mol. The third kappa shape index (κ3) is 3.38. The number of aryl methyl sites for hydroxylation is 1. The van der Waals surface area contributed by atoms with E-state index in [2.05, 4.69) is 4.98 Å². The summed E-state index contributed by atoms with van der Waals surface area (Å²) < 4.78 is 1.49. The van der Waals surface area contributed by atoms with Crippen LogP contribution in [-0.4, -0.2) is 14.6 Å². The van der Waals surface area contributed by atoms with Gasteiger partial charge in [-0.1, -0.05) is 11.5 Å². The van der Waals surface area contributed by atoms with Gasteiger partial charge in [0.1, 0.15) is 0 Å². The second kappa shape index (κ2) is 5.30. The molecule has 2 aromatic heterocycles. The summed E-state index contributed by atoms with van der Waals surface area (Å²) in [5.74, 6) is 0.178. The Morgan fingerprint density at radius 2 is 2.16 bits per heavy atom. The van der Waals surface area contributed by atoms with Crippen molar-refractivity contribution in [3.8, 4) is 0 Å². The zero-order valence-corrected chi connectivity index (χ0v) is 10.2. The second-order valence-corrected chi connectivity index (χ2v) is 4.08. The van der Waals surface area contributed by atoms with Gasteiger partial charge in [-0.15, -0.1) is 0 Å². The predicted octanol–water partition coefficient (Wildman–Crippen LogP) is 0.975. The number of nitro groups is 1. The van der Waals surface area contributed by atoms with Crippen molar-refractivity contribution in [3.63, 3.8) is 0 Å². The van der Waals surface area contributed by atoms with Gasteiger partial charge in [0.05, 0.1) is 0 Å². The molecule has 0 saturated carbocycles. The Labute approximate surface area is 108 Å². The van der Waals surface area contributed by atoms with Crippen LogP contribution in [-0.2, 0) is 13.5 Å². The molecule has 0 spiro atoms. The molecule has 19 heavy (non-hydrogen) atoms. The van der Waals surface area contributed by atoms with Gasteiger partial charge in [-0.25, -0.2) is 15.1 Å². The SMILES string of the molecule is Cn1ccc(Cc2ccc(N[N+](=O)[O-])nc2)cc1=O. The monoisotopic (exact) mass is 260 g/mol. The molecule has 0 saturated heterocycles. The van der Waals surface area contributed by atoms with E-state index >= 15 is 0 Å². The number of aromatic nitrogens is 2. The zero-order valence-electron chi connectivity index (χ0n) is 10.2. The van der Waals surface area contributed by atoms with E-state index in [1.165, 1.54) is 10.6 Å². The van der Waals surface area contributed by atoms with Crippen LogP contribution in [0.2, 0.25) is 0 Å². The topological polar surface area (TPSA) is 90.1 Å². The first kappa shape index (κ1) is 12.7. The fourth-order valence-corrected chi connectivity index (χ4v) is 1.62. The Hall–Kier alpha value is -2.70. The van der Waals surface area contributed by atoms with Crippen LogP contribution < -0.4 is 11.0 Å². The lowest BCUT2D eigenvalue weighted by Crippen LogP contribution is -2.15. The third-order valence-electron chi connectivity index (χ3n) is 2.61. The van der Waals surface area contributed by atoms with Crippen molar-refractivity contribution in [3.05, 3.63) is 68.3 Å². The standard InChI is InChI=1S/C12H12N4O3/c1-15-5-4-9(7-12(15)17)6-10-2-3-11(13-8-10)14-16(18)19/h2-5,7-8H,6H2,1H3,(H,13,14). The Morgan fingerprint density at radius 3 is 2.74 bits per heavy atom. The molecule has 2 aromatic rings. The van der Waals surface area contributed by atoms with Gasteiger partial charge >= 0.3 is 0 Å². The minimum atomic E-state index is -0.664. The fourth-order valence-electron chi connectivity index (χ4n) is 1.62. The summed E-state index contributed by atoms with van der Waals surface area (Å²) in [6.45, 7) is 0. The van der Waals surface area contributed by atoms with Crippen LogP contribution in [0.25, 0.3) is 0 Å². The molecular formula is C12H12N4O3. The van der Waals surface area contributed by atoms with E-state index in [0.717, 1.165) is 11.1 Å². The number of hydrazine groups is 1. The second-order valence-electron chi connectivity index (χ2n) is 4.08. The smallest absolute Gasteiger partial charge is 0.250 e. The summed E-state index contributed by atoms with van der Waals surface area (Å²) >= 11 is 0. The average molecular weight is 260 g/mol. The van der Waals surface area contributed by atoms with Crippen molar-refractivity contribution in [2.24, 2.45) is 7.05 Å². The maximum Gasteiger partial charge on any atom is 0.250 e. The Kier molecular flexibility index (Phi) is 3.56. The molecule has 1 N–H and O–H groups in total. The molecule has 7 nitrogen and oxygen atoms in total. The Morgan fingerprint density at radius 1 is 1.37 bits per heavy atom. The van der Waals surface area contributed by atoms with Gasteiger partial charge in [0, 0.05) is 25.5 Å². The summed E-state index contributed by atoms with van der Waals surface area (Å²) in [7, 11) is 1.69. The number of hydrogen-bond donors (Lipinski definition) is 1. The molecule has 2 rings (SSSR count). The Bertz CT molecular complexity index is 649. The lowest BCUT2D eigenvalue weighted by molar-refractivity contribution is -0.445. The molecule has 98 valence electrons. The van der Waals surface area contributed by atoms with E-state index in [4.69, 9.17) is 0 Å². The number of hydrogen-bond acceptors (Lipinski definition) is 4. The van der Waals surface area contributed by atoms with Crippen LogP contribution in [0.5, 0.6) is 0 Å². The van der Waals surface area contributed by atoms with Crippen molar-refractivity contribution in [1.82, 2.24) is 9.55 Å². The van der Waals surface area contributed by atoms with E-state index in [9.17, 15) is 14.9 Å². The van der Waals surface area contributed by atoms with Crippen LogP contribution in [0.15, 0.2) is 41.5 Å². The van der Waals surface area contributed by atoms with Gasteiger partial charge in [0.15, 0.2) is 10.9 Å². The van der Waals surface area contributed by atoms with E-state index in [1.54, 1.807) is 31.6 Å². The largest absolute Gasteiger partial charge is 0.319 e. The van der Waals surface area contributed by atoms with Crippen LogP contribution in [0, 0.1) is 10.1 Å². The molecule has 0 amide bonds. The van der Waals surface area contributed by atoms with Crippen molar-refractivity contribution in [2.75, 3.05) is 5.43 Å². The van der Waals surface area contributed by atoms with E-state index in [0.29, 0.717) is 6.42 Å². The number of anilines is 1. The summed E-state index contributed by atoms with van der Waals surface area (Å²) in [6, 6.07) is 6.67. The maximum absolute atomic E-state index is 11.5. The van der Waals surface area contributed by atoms with E-state index in [1.807, 2.05) is 11.5 Å². The highest BCUT2D eigenvalue weighted by Gasteiger charge is 2.02. The number of nitrogens with zero attached hydrogens (tertiary/aromatic N) is 3. The van der Waals surface area contributed by atoms with Gasteiger partial charge in [-0.3, -0.25) is 4.79 Å². The summed E-state index contributed by atoms with van der Waals surface area (Å²) in [4.78, 5) is 25.6. The molecular weight excluding hydrogens is 248 g/mol. The van der Waals surface area contributed by atoms with Crippen LogP contribution in [0.1, 0.15) is 11.1 Å². The molecule has 0 aromatic carbocycles. The highest BCUT2D eigenvalue weighted by atomic mass is 16.7. The fraction of sp³-hybridized carbons (Fsp3) is 0.167. The first-order valence-electron chi connectivity index (χ1n) is 5.56. The lowest BCUT2D eigenvalue weighted by atomic mass is 10.1. The first-order valence-corrected chi connectivity index (χ1v) is 5.56. The van der Waals surface area contributed by atoms with Crippen LogP contribution in [0.3, 0.4) is 0 Å². The van der Waals surface area contributed by atoms with Crippen molar-refractivity contribution >= 4 is 5.82 Å². The number of rotatable bonds is 4. The molecule has 0 fully saturated rings. The molecule has 0 atom stereocenters. The highest BCUT2D eigenvalue weighted by Crippen LogP contribution is 2.09. The van der Waals surface area contributed by atoms with Crippen molar-refractivity contribution in [2.45, 2.75) is 6.42 Å². The first-order chi connectivity index (χ1) is 9.04. The van der Waals surface area contributed by atoms with Gasteiger partial charge in [0.2, 0.25) is 0 Å². The van der Waals surface area contributed by atoms with Crippen LogP contribution in [0.4, 0.5) is 5.82 Å². The van der Waals surface area contributed by atoms with Crippen LogP contribution >= 0.6 is 0 Å². The maximum atomic E-state index is 11.5. The summed E-state index contributed by atoms with van der Waals surface area (Å²) in [5, 5.41) is 9.57. The molecule has 0 bridgehead atoms. The zero-order chi connectivity index (χ0) is 13.8. The molecule has 0 aliphatic rings. The molecule has 0 aliphatic carbocycles. The van der Waals surface area contributed by atoms with E-state index in [-0.39, 0.29) is 11.4 Å². The van der Waals surface area contributed by atoms with Gasteiger partial charge < -0.3 is 4.57 Å². The summed E-state index contributed by atoms with van der Waals surface area (Å²) in [5.41, 5.74) is 3.65. The highest BCUT2D eigenvalue weighted by molar-refractivity contribution is 5.34. The molecule has 0 radical (unpaired) electrons. The number of nitrogens with one attached hydrogen (secondary N) is 1. The molecule has 7 heteroatoms. The third-order valence-corrected chi connectivity index (χ3v) is 2.61. The summed E-state index contributed by atoms with van der Waals surface area (Å²) in [6.07, 6.45) is 3.80. The van der Waals surface area contributed by atoms with Gasteiger partial charge in [-0.05, 0) is 29.7 Å². The van der Waals surface area contributed by atoms with Gasteiger partial charge in [-0.2, -0.15) is 0 Å². The van der Waals surface area contributed by atoms with Crippen molar-refractivity contribution in [1.29, 1.82) is 0 Å². The normalized spacial score (nSPS) is 10.2. The van der Waals surface area contributed by atoms with Gasteiger partial charge in [0.25, 0.3) is 5.56 Å². The number of pyridine rings is 2. The molecule has 0 aliphatic heterocycles. The lowest BCUT2D eigenvalue weighted by Gasteiger charge is -2.03. The Balaban J connectivity index is 2.12. The average Bonchev–Trinajstić information content (AvgIpc) is 2.36. The van der Waals surface area contributed by atoms with Crippen molar-refractivity contribution < 1.29 is 5.03 Å². The minimum Gasteiger partial charge on any atom is -0.319 e. The van der Waals surface area contributed by atoms with E-state index < -0.39 is 5.03 Å². The quantitative estimate of drug-likeness (QED) is 0.653. The minimum absolute atomic E-state index is 0.0721. The molecule has 2 heterocycles. The molecule has 0 unspecified atom stereocenters.